The van der Waals surface area contributed by atoms with Crippen molar-refractivity contribution in [3.05, 3.63) is 51.9 Å². The van der Waals surface area contributed by atoms with Gasteiger partial charge in [0.15, 0.2) is 11.8 Å². The highest BCUT2D eigenvalue weighted by atomic mass is 16.5. The Balaban J connectivity index is 1.57. The second-order valence-electron chi connectivity index (χ2n) is 8.52. The van der Waals surface area contributed by atoms with Crippen molar-refractivity contribution in [1.29, 1.82) is 0 Å². The third-order valence-electron chi connectivity index (χ3n) is 6.30. The lowest BCUT2D eigenvalue weighted by Crippen LogP contribution is -2.26. The van der Waals surface area contributed by atoms with Gasteiger partial charge in [-0.15, -0.1) is 5.11 Å². The number of benzene rings is 1. The monoisotopic (exact) mass is 435 g/mol. The summed E-state index contributed by atoms with van der Waals surface area (Å²) in [5.41, 5.74) is 9.34. The first kappa shape index (κ1) is 20.7. The first-order valence-electron chi connectivity index (χ1n) is 11.5. The number of rotatable bonds is 7. The van der Waals surface area contributed by atoms with E-state index in [1.807, 2.05) is 30.3 Å². The van der Waals surface area contributed by atoms with Gasteiger partial charge in [0.05, 0.1) is 18.0 Å². The van der Waals surface area contributed by atoms with Crippen molar-refractivity contribution in [2.45, 2.75) is 64.0 Å². The Morgan fingerprint density at radius 2 is 1.97 bits per heavy atom. The molecule has 5 rings (SSSR count). The van der Waals surface area contributed by atoms with E-state index in [1.54, 1.807) is 4.52 Å². The van der Waals surface area contributed by atoms with Crippen LogP contribution in [0.3, 0.4) is 0 Å². The van der Waals surface area contributed by atoms with Gasteiger partial charge in [0.1, 0.15) is 5.75 Å². The molecule has 1 atom stereocenters. The Morgan fingerprint density at radius 3 is 2.69 bits per heavy atom. The maximum atomic E-state index is 13.7. The molecule has 1 aromatic carbocycles. The Bertz CT molecular complexity index is 1160. The van der Waals surface area contributed by atoms with E-state index in [4.69, 9.17) is 9.72 Å². The second-order valence-corrected chi connectivity index (χ2v) is 8.52. The van der Waals surface area contributed by atoms with Crippen LogP contribution in [0.2, 0.25) is 0 Å². The van der Waals surface area contributed by atoms with Gasteiger partial charge in [-0.2, -0.15) is 5.43 Å². The number of aromatic nitrogens is 3. The number of H-pyrrole nitrogens is 1. The molecule has 1 fully saturated rings. The van der Waals surface area contributed by atoms with E-state index in [1.165, 1.54) is 6.42 Å². The Hall–Kier alpha value is -3.20. The average Bonchev–Trinajstić information content (AvgIpc) is 3.50. The summed E-state index contributed by atoms with van der Waals surface area (Å²) in [4.78, 5) is 18.6. The van der Waals surface area contributed by atoms with Crippen LogP contribution in [-0.4, -0.2) is 21.2 Å². The topological polar surface area (TPSA) is 108 Å². The number of fused-ring (bicyclic) bond motifs is 1. The quantitative estimate of drug-likeness (QED) is 0.477. The summed E-state index contributed by atoms with van der Waals surface area (Å²) in [6.07, 6.45) is 7.30. The molecule has 1 saturated carbocycles. The number of aromatic amines is 1. The summed E-state index contributed by atoms with van der Waals surface area (Å²) < 4.78 is 7.36. The van der Waals surface area contributed by atoms with Crippen LogP contribution >= 0.6 is 0 Å². The van der Waals surface area contributed by atoms with Crippen molar-refractivity contribution < 1.29 is 4.74 Å². The lowest BCUT2D eigenvalue weighted by molar-refractivity contribution is 0.309. The number of unbranched alkanes of at least 4 members (excludes halogenated alkanes) is 1. The van der Waals surface area contributed by atoms with Crippen LogP contribution in [0.4, 0.5) is 0 Å². The highest BCUT2D eigenvalue weighted by molar-refractivity contribution is 5.67. The number of nitrogens with one attached hydrogen (secondary N) is 3. The summed E-state index contributed by atoms with van der Waals surface area (Å²) in [6.45, 7) is 2.86. The van der Waals surface area contributed by atoms with E-state index >= 15 is 0 Å². The maximum Gasteiger partial charge on any atom is 0.276 e. The lowest BCUT2D eigenvalue weighted by atomic mass is 9.83. The number of ether oxygens (including phenoxy) is 1. The van der Waals surface area contributed by atoms with Crippen LogP contribution in [0.25, 0.3) is 16.9 Å². The molecule has 0 bridgehead atoms. The van der Waals surface area contributed by atoms with Crippen molar-refractivity contribution in [2.24, 2.45) is 10.3 Å². The molecular formula is C23H29N7O2. The lowest BCUT2D eigenvalue weighted by Gasteiger charge is -2.23. The molecule has 2 aromatic heterocycles. The van der Waals surface area contributed by atoms with Crippen LogP contribution in [0.15, 0.2) is 45.5 Å². The van der Waals surface area contributed by atoms with Gasteiger partial charge < -0.3 is 4.74 Å². The third kappa shape index (κ3) is 4.00. The molecule has 32 heavy (non-hydrogen) atoms. The van der Waals surface area contributed by atoms with Crippen LogP contribution in [0, 0.1) is 0 Å². The van der Waals surface area contributed by atoms with Crippen LogP contribution < -0.4 is 21.3 Å². The molecule has 9 heteroatoms. The zero-order chi connectivity index (χ0) is 21.9. The molecule has 3 N–H and O–H groups in total. The Morgan fingerprint density at radius 1 is 1.16 bits per heavy atom. The largest absolute Gasteiger partial charge is 0.494 e. The number of hydrogen-bond acceptors (Lipinski definition) is 7. The predicted molar refractivity (Wildman–Crippen MR) is 121 cm³/mol. The fraction of sp³-hybridized carbons (Fsp3) is 0.478. The van der Waals surface area contributed by atoms with E-state index in [0.29, 0.717) is 12.3 Å². The second kappa shape index (κ2) is 9.12. The fourth-order valence-corrected chi connectivity index (χ4v) is 4.56. The van der Waals surface area contributed by atoms with Gasteiger partial charge in [-0.25, -0.2) is 15.0 Å². The highest BCUT2D eigenvalue weighted by Gasteiger charge is 2.26. The Kier molecular flexibility index (Phi) is 5.89. The standard InChI is InChI=1S/C23H29N7O2/c1-2-3-13-32-17-11-9-16(10-12-17)21-20(15-7-5-4-6-8-15)23(31)30-19(24-21)14-18(27-30)22-25-28-29-26-22/h9-12,14-15,22,27H,2-8,13H2,1H3,(H,25,29)(H,26,28). The zero-order valence-electron chi connectivity index (χ0n) is 18.3. The third-order valence-corrected chi connectivity index (χ3v) is 6.30. The van der Waals surface area contributed by atoms with Gasteiger partial charge in [-0.1, -0.05) is 37.8 Å². The molecule has 0 spiro atoms. The van der Waals surface area contributed by atoms with Crippen molar-refractivity contribution in [1.82, 2.24) is 25.6 Å². The summed E-state index contributed by atoms with van der Waals surface area (Å²) in [6, 6.07) is 9.81. The van der Waals surface area contributed by atoms with Crippen molar-refractivity contribution in [3.63, 3.8) is 0 Å². The highest BCUT2D eigenvalue weighted by Crippen LogP contribution is 2.36. The van der Waals surface area contributed by atoms with Crippen LogP contribution in [-0.2, 0) is 0 Å². The van der Waals surface area contributed by atoms with E-state index in [-0.39, 0.29) is 17.6 Å². The minimum absolute atomic E-state index is 0.0330. The number of nitrogens with zero attached hydrogens (tertiary/aromatic N) is 4. The predicted octanol–water partition coefficient (Wildman–Crippen LogP) is 4.39. The fourth-order valence-electron chi connectivity index (χ4n) is 4.56. The van der Waals surface area contributed by atoms with Crippen LogP contribution in [0.5, 0.6) is 5.75 Å². The molecule has 3 aromatic rings. The van der Waals surface area contributed by atoms with Gasteiger partial charge in [-0.05, 0) is 49.4 Å². The van der Waals surface area contributed by atoms with E-state index in [2.05, 4.69) is 33.3 Å². The van der Waals surface area contributed by atoms with Crippen molar-refractivity contribution in [3.8, 4) is 17.0 Å². The van der Waals surface area contributed by atoms with Crippen molar-refractivity contribution >= 4 is 5.65 Å². The minimum Gasteiger partial charge on any atom is -0.494 e. The molecule has 3 heterocycles. The molecule has 1 aliphatic carbocycles. The first-order chi connectivity index (χ1) is 15.7. The van der Waals surface area contributed by atoms with E-state index in [9.17, 15) is 4.79 Å². The molecule has 0 saturated heterocycles. The number of hydrogen-bond donors (Lipinski definition) is 3. The average molecular weight is 436 g/mol. The summed E-state index contributed by atoms with van der Waals surface area (Å²) >= 11 is 0. The smallest absolute Gasteiger partial charge is 0.276 e. The molecule has 1 unspecified atom stereocenters. The maximum absolute atomic E-state index is 13.7. The molecule has 9 nitrogen and oxygen atoms in total. The molecular weight excluding hydrogens is 406 g/mol. The Labute approximate surface area is 186 Å². The molecule has 0 amide bonds. The summed E-state index contributed by atoms with van der Waals surface area (Å²) in [7, 11) is 0. The number of hydrazine groups is 1. The normalized spacial score (nSPS) is 18.8. The first-order valence-corrected chi connectivity index (χ1v) is 11.5. The van der Waals surface area contributed by atoms with Gasteiger partial charge in [0, 0.05) is 17.2 Å². The molecule has 0 radical (unpaired) electrons. The zero-order valence-corrected chi connectivity index (χ0v) is 18.3. The summed E-state index contributed by atoms with van der Waals surface area (Å²) in [5.74, 6) is 1.06. The van der Waals surface area contributed by atoms with Gasteiger partial charge >= 0.3 is 0 Å². The van der Waals surface area contributed by atoms with Gasteiger partial charge in [0.2, 0.25) is 0 Å². The van der Waals surface area contributed by atoms with E-state index < -0.39 is 0 Å². The molecule has 2 aliphatic rings. The summed E-state index contributed by atoms with van der Waals surface area (Å²) in [5, 5.41) is 11.0. The molecule has 1 aliphatic heterocycles. The van der Waals surface area contributed by atoms with Gasteiger partial charge in [-0.3, -0.25) is 9.89 Å². The SMILES string of the molecule is CCCCOc1ccc(-c2nc3cc(C4N=NNN4)[nH]n3c(=O)c2C2CCCCC2)cc1. The minimum atomic E-state index is -0.378. The van der Waals surface area contributed by atoms with E-state index in [0.717, 1.165) is 66.8 Å². The molecule has 168 valence electrons. The van der Waals surface area contributed by atoms with Crippen molar-refractivity contribution in [2.75, 3.05) is 6.61 Å². The van der Waals surface area contributed by atoms with Crippen LogP contribution in [0.1, 0.15) is 75.2 Å². The van der Waals surface area contributed by atoms with Gasteiger partial charge in [0.25, 0.3) is 5.56 Å².